The molecule has 31 heavy (non-hydrogen) atoms. The molecule has 0 bridgehead atoms. The van der Waals surface area contributed by atoms with E-state index >= 15 is 0 Å². The quantitative estimate of drug-likeness (QED) is 0.622. The number of nitrogens with one attached hydrogen (secondary N) is 1. The Morgan fingerprint density at radius 3 is 2.58 bits per heavy atom. The van der Waals surface area contributed by atoms with Crippen LogP contribution in [0.5, 0.6) is 11.5 Å². The first kappa shape index (κ1) is 20.0. The minimum atomic E-state index is -0.105. The Kier molecular flexibility index (Phi) is 5.34. The van der Waals surface area contributed by atoms with Crippen molar-refractivity contribution in [3.8, 4) is 11.5 Å². The number of carbonyl (C=O) groups is 1. The predicted octanol–water partition coefficient (Wildman–Crippen LogP) is 5.14. The fraction of sp³-hybridized carbons (Fsp3) is 0.423. The first-order valence-electron chi connectivity index (χ1n) is 11.3. The van der Waals surface area contributed by atoms with Gasteiger partial charge in [-0.15, -0.1) is 0 Å². The minimum absolute atomic E-state index is 0.00555. The normalized spacial score (nSPS) is 16.2. The largest absolute Gasteiger partial charge is 0.490 e. The molecule has 5 heteroatoms. The topological polar surface area (TPSA) is 60.7 Å². The Labute approximate surface area is 182 Å². The lowest BCUT2D eigenvalue weighted by Gasteiger charge is -2.24. The maximum atomic E-state index is 13.0. The van der Waals surface area contributed by atoms with Crippen molar-refractivity contribution in [2.75, 3.05) is 13.2 Å². The first-order valence-corrected chi connectivity index (χ1v) is 11.3. The zero-order valence-electron chi connectivity index (χ0n) is 18.2. The number of rotatable bonds is 5. The van der Waals surface area contributed by atoms with Gasteiger partial charge in [0.15, 0.2) is 11.5 Å². The lowest BCUT2D eigenvalue weighted by atomic mass is 9.95. The first-order chi connectivity index (χ1) is 15.1. The van der Waals surface area contributed by atoms with Gasteiger partial charge >= 0.3 is 0 Å². The van der Waals surface area contributed by atoms with Gasteiger partial charge < -0.3 is 19.2 Å². The van der Waals surface area contributed by atoms with Crippen molar-refractivity contribution in [1.29, 1.82) is 0 Å². The van der Waals surface area contributed by atoms with Crippen LogP contribution in [0.1, 0.15) is 55.0 Å². The van der Waals surface area contributed by atoms with Crippen molar-refractivity contribution in [1.82, 2.24) is 5.32 Å². The second-order valence-electron chi connectivity index (χ2n) is 8.95. The zero-order chi connectivity index (χ0) is 21.4. The van der Waals surface area contributed by atoms with E-state index in [1.54, 1.807) is 6.26 Å². The smallest absolute Gasteiger partial charge is 0.225 e. The maximum absolute atomic E-state index is 13.0. The summed E-state index contributed by atoms with van der Waals surface area (Å²) in [6, 6.07) is 10.2. The molecule has 1 amide bonds. The SMILES string of the molecule is CC(C)[C@H](NC(=O)Cc1coc2cc3c(cc12)CCC3)c1ccc2c(c1)OCCCO2. The molecule has 0 fully saturated rings. The van der Waals surface area contributed by atoms with Gasteiger partial charge in [-0.25, -0.2) is 0 Å². The number of hydrogen-bond donors (Lipinski definition) is 1. The molecule has 1 aliphatic carbocycles. The molecule has 2 heterocycles. The molecule has 0 saturated heterocycles. The van der Waals surface area contributed by atoms with Crippen LogP contribution in [-0.2, 0) is 24.1 Å². The summed E-state index contributed by atoms with van der Waals surface area (Å²) in [6.07, 6.45) is 6.34. The summed E-state index contributed by atoms with van der Waals surface area (Å²) in [5, 5.41) is 4.30. The number of carbonyl (C=O) groups excluding carboxylic acids is 1. The van der Waals surface area contributed by atoms with Gasteiger partial charge in [-0.1, -0.05) is 19.9 Å². The summed E-state index contributed by atoms with van der Waals surface area (Å²) in [4.78, 5) is 13.0. The van der Waals surface area contributed by atoms with E-state index in [1.807, 2.05) is 18.2 Å². The number of aryl methyl sites for hydroxylation is 2. The zero-order valence-corrected chi connectivity index (χ0v) is 18.2. The molecule has 3 aromatic rings. The Bertz CT molecular complexity index is 1110. The second-order valence-corrected chi connectivity index (χ2v) is 8.95. The average molecular weight is 420 g/mol. The molecule has 1 atom stereocenters. The monoisotopic (exact) mass is 419 g/mol. The molecule has 162 valence electrons. The molecule has 0 spiro atoms. The van der Waals surface area contributed by atoms with Crippen molar-refractivity contribution < 1.29 is 18.7 Å². The summed E-state index contributed by atoms with van der Waals surface area (Å²) in [5.41, 5.74) is 5.63. The van der Waals surface area contributed by atoms with Gasteiger partial charge in [0.2, 0.25) is 5.91 Å². The summed E-state index contributed by atoms with van der Waals surface area (Å²) in [7, 11) is 0. The van der Waals surface area contributed by atoms with Crippen LogP contribution in [0.25, 0.3) is 11.0 Å². The second kappa shape index (κ2) is 8.29. The van der Waals surface area contributed by atoms with Crippen molar-refractivity contribution in [3.05, 3.63) is 58.8 Å². The van der Waals surface area contributed by atoms with Crippen LogP contribution in [0.15, 0.2) is 41.0 Å². The van der Waals surface area contributed by atoms with Crippen molar-refractivity contribution in [2.45, 2.75) is 52.0 Å². The summed E-state index contributed by atoms with van der Waals surface area (Å²) < 4.78 is 17.4. The molecule has 0 radical (unpaired) electrons. The fourth-order valence-corrected chi connectivity index (χ4v) is 4.69. The highest BCUT2D eigenvalue weighted by Crippen LogP contribution is 2.34. The molecule has 1 N–H and O–H groups in total. The van der Waals surface area contributed by atoms with Crippen LogP contribution >= 0.6 is 0 Å². The number of benzene rings is 2. The van der Waals surface area contributed by atoms with E-state index in [-0.39, 0.29) is 17.9 Å². The van der Waals surface area contributed by atoms with Gasteiger partial charge in [0.05, 0.1) is 31.9 Å². The highest BCUT2D eigenvalue weighted by atomic mass is 16.5. The molecule has 1 aliphatic heterocycles. The minimum Gasteiger partial charge on any atom is -0.490 e. The molecule has 5 nitrogen and oxygen atoms in total. The van der Waals surface area contributed by atoms with Gasteiger partial charge in [0.25, 0.3) is 0 Å². The Hall–Kier alpha value is -2.95. The van der Waals surface area contributed by atoms with Gasteiger partial charge in [-0.3, -0.25) is 4.79 Å². The number of amides is 1. The van der Waals surface area contributed by atoms with E-state index in [9.17, 15) is 4.79 Å². The average Bonchev–Trinajstić information content (AvgIpc) is 3.29. The summed E-state index contributed by atoms with van der Waals surface area (Å²) in [5.74, 6) is 1.75. The number of fused-ring (bicyclic) bond motifs is 3. The Balaban J connectivity index is 1.35. The summed E-state index contributed by atoms with van der Waals surface area (Å²) >= 11 is 0. The van der Waals surface area contributed by atoms with E-state index in [0.717, 1.165) is 52.9 Å². The van der Waals surface area contributed by atoms with E-state index in [4.69, 9.17) is 13.9 Å². The highest BCUT2D eigenvalue weighted by Gasteiger charge is 2.22. The molecule has 0 unspecified atom stereocenters. The number of furan rings is 1. The maximum Gasteiger partial charge on any atom is 0.225 e. The number of ether oxygens (including phenoxy) is 2. The molecule has 2 aliphatic rings. The van der Waals surface area contributed by atoms with Gasteiger partial charge in [0, 0.05) is 17.4 Å². The lowest BCUT2D eigenvalue weighted by molar-refractivity contribution is -0.121. The molecule has 0 saturated carbocycles. The van der Waals surface area contributed by atoms with E-state index in [2.05, 4.69) is 31.3 Å². The standard InChI is InChI=1S/C26H29NO4/c1-16(2)26(19-7-8-22-24(13-19)30-10-4-9-29-22)27-25(28)14-20-15-31-23-12-18-6-3-5-17(18)11-21(20)23/h7-8,11-13,15-16,26H,3-6,9-10,14H2,1-2H3,(H,27,28)/t26-/m0/s1. The summed E-state index contributed by atoms with van der Waals surface area (Å²) in [6.45, 7) is 5.54. The van der Waals surface area contributed by atoms with Crippen LogP contribution in [0.4, 0.5) is 0 Å². The molecular formula is C26H29NO4. The van der Waals surface area contributed by atoms with Gasteiger partial charge in [-0.2, -0.15) is 0 Å². The van der Waals surface area contributed by atoms with Gasteiger partial charge in [-0.05, 0) is 66.1 Å². The third-order valence-electron chi connectivity index (χ3n) is 6.33. The predicted molar refractivity (Wildman–Crippen MR) is 120 cm³/mol. The molecular weight excluding hydrogens is 390 g/mol. The molecule has 5 rings (SSSR count). The Morgan fingerprint density at radius 2 is 1.77 bits per heavy atom. The van der Waals surface area contributed by atoms with Crippen LogP contribution in [-0.4, -0.2) is 19.1 Å². The highest BCUT2D eigenvalue weighted by molar-refractivity contribution is 5.88. The molecule has 1 aromatic heterocycles. The van der Waals surface area contributed by atoms with Crippen LogP contribution in [0.3, 0.4) is 0 Å². The van der Waals surface area contributed by atoms with Crippen molar-refractivity contribution in [2.24, 2.45) is 5.92 Å². The van der Waals surface area contributed by atoms with E-state index < -0.39 is 0 Å². The molecule has 2 aromatic carbocycles. The Morgan fingerprint density at radius 1 is 1.00 bits per heavy atom. The number of hydrogen-bond acceptors (Lipinski definition) is 4. The van der Waals surface area contributed by atoms with E-state index in [0.29, 0.717) is 19.6 Å². The van der Waals surface area contributed by atoms with Crippen molar-refractivity contribution in [3.63, 3.8) is 0 Å². The lowest BCUT2D eigenvalue weighted by Crippen LogP contribution is -2.32. The van der Waals surface area contributed by atoms with Gasteiger partial charge in [0.1, 0.15) is 5.58 Å². The van der Waals surface area contributed by atoms with E-state index in [1.165, 1.54) is 17.5 Å². The third kappa shape index (κ3) is 4.01. The fourth-order valence-electron chi connectivity index (χ4n) is 4.69. The van der Waals surface area contributed by atoms with Crippen LogP contribution < -0.4 is 14.8 Å². The van der Waals surface area contributed by atoms with Crippen molar-refractivity contribution >= 4 is 16.9 Å². The van der Waals surface area contributed by atoms with Crippen LogP contribution in [0.2, 0.25) is 0 Å². The van der Waals surface area contributed by atoms with Crippen LogP contribution in [0, 0.1) is 5.92 Å². The third-order valence-corrected chi connectivity index (χ3v) is 6.33.